The van der Waals surface area contributed by atoms with Crippen molar-refractivity contribution in [3.8, 4) is 11.5 Å². The van der Waals surface area contributed by atoms with E-state index in [1.54, 1.807) is 7.11 Å². The maximum absolute atomic E-state index is 5.89. The van der Waals surface area contributed by atoms with E-state index in [2.05, 4.69) is 17.5 Å². The van der Waals surface area contributed by atoms with Crippen LogP contribution in [0.3, 0.4) is 0 Å². The minimum absolute atomic E-state index is 0.378. The van der Waals surface area contributed by atoms with Crippen LogP contribution < -0.4 is 14.4 Å². The Balaban J connectivity index is 1.45. The molecular weight excluding hydrogens is 392 g/mol. The van der Waals surface area contributed by atoms with Crippen LogP contribution in [0.2, 0.25) is 0 Å². The summed E-state index contributed by atoms with van der Waals surface area (Å²) >= 11 is 7.48. The molecule has 3 heterocycles. The number of quaternary nitrogens is 1. The van der Waals surface area contributed by atoms with E-state index >= 15 is 0 Å². The first-order valence-electron chi connectivity index (χ1n) is 9.43. The molecule has 0 bridgehead atoms. The molecule has 1 aliphatic heterocycles. The van der Waals surface area contributed by atoms with E-state index in [1.807, 2.05) is 51.9 Å². The summed E-state index contributed by atoms with van der Waals surface area (Å²) in [5.74, 6) is 2.42. The van der Waals surface area contributed by atoms with Gasteiger partial charge in [0.05, 0.1) is 18.5 Å². The molecular formula is C20H25N4O2S2+. The molecule has 0 saturated carbocycles. The van der Waals surface area contributed by atoms with E-state index < -0.39 is 0 Å². The summed E-state index contributed by atoms with van der Waals surface area (Å²) in [5, 5.41) is 6.90. The van der Waals surface area contributed by atoms with E-state index in [4.69, 9.17) is 26.8 Å². The second-order valence-electron chi connectivity index (χ2n) is 7.00. The fraction of sp³-hybridized carbons (Fsp3) is 0.400. The SMILES string of the molecule is COc1ccc(OCc2nn(C[NH+]3CCC[C@H]3c3cccs3)c(=S)n2C)cc1. The number of likely N-dealkylation sites (tertiary alicyclic amines) is 1. The molecule has 28 heavy (non-hydrogen) atoms. The molecule has 8 heteroatoms. The van der Waals surface area contributed by atoms with Gasteiger partial charge in [-0.05, 0) is 47.9 Å². The zero-order valence-corrected chi connectivity index (χ0v) is 17.8. The molecule has 6 nitrogen and oxygen atoms in total. The van der Waals surface area contributed by atoms with Gasteiger partial charge in [0.15, 0.2) is 12.5 Å². The zero-order valence-electron chi connectivity index (χ0n) is 16.1. The van der Waals surface area contributed by atoms with Crippen molar-refractivity contribution in [3.05, 3.63) is 57.3 Å². The van der Waals surface area contributed by atoms with Gasteiger partial charge in [-0.25, -0.2) is 0 Å². The highest BCUT2D eigenvalue weighted by molar-refractivity contribution is 7.71. The minimum atomic E-state index is 0.378. The third-order valence-electron chi connectivity index (χ3n) is 5.28. The summed E-state index contributed by atoms with van der Waals surface area (Å²) < 4.78 is 15.7. The lowest BCUT2D eigenvalue weighted by atomic mass is 10.2. The number of thiophene rings is 1. The molecule has 1 saturated heterocycles. The van der Waals surface area contributed by atoms with Crippen LogP contribution in [0.5, 0.6) is 11.5 Å². The monoisotopic (exact) mass is 417 g/mol. The van der Waals surface area contributed by atoms with Gasteiger partial charge < -0.3 is 18.9 Å². The highest BCUT2D eigenvalue weighted by Crippen LogP contribution is 2.23. The first-order valence-corrected chi connectivity index (χ1v) is 10.7. The average molecular weight is 418 g/mol. The van der Waals surface area contributed by atoms with E-state index in [0.717, 1.165) is 35.3 Å². The van der Waals surface area contributed by atoms with Crippen LogP contribution in [0.1, 0.15) is 29.6 Å². The van der Waals surface area contributed by atoms with Gasteiger partial charge in [0.1, 0.15) is 24.1 Å². The largest absolute Gasteiger partial charge is 0.497 e. The predicted octanol–water partition coefficient (Wildman–Crippen LogP) is 2.98. The molecule has 3 aromatic rings. The second kappa shape index (κ2) is 8.46. The lowest BCUT2D eigenvalue weighted by Crippen LogP contribution is -3.09. The summed E-state index contributed by atoms with van der Waals surface area (Å²) in [6.45, 7) is 2.32. The first kappa shape index (κ1) is 19.2. The highest BCUT2D eigenvalue weighted by atomic mass is 32.1. The van der Waals surface area contributed by atoms with Crippen molar-refractivity contribution in [1.29, 1.82) is 0 Å². The van der Waals surface area contributed by atoms with Gasteiger partial charge >= 0.3 is 0 Å². The molecule has 1 fully saturated rings. The van der Waals surface area contributed by atoms with Crippen LogP contribution in [0.4, 0.5) is 0 Å². The second-order valence-corrected chi connectivity index (χ2v) is 8.34. The highest BCUT2D eigenvalue weighted by Gasteiger charge is 2.31. The van der Waals surface area contributed by atoms with E-state index in [-0.39, 0.29) is 0 Å². The Bertz CT molecular complexity index is 963. The van der Waals surface area contributed by atoms with Crippen LogP contribution >= 0.6 is 23.6 Å². The molecule has 148 valence electrons. The number of aromatic nitrogens is 3. The molecule has 4 rings (SSSR count). The molecule has 1 unspecified atom stereocenters. The number of methoxy groups -OCH3 is 1. The normalized spacial score (nSPS) is 19.1. The Morgan fingerprint density at radius 3 is 2.75 bits per heavy atom. The number of hydrogen-bond donors (Lipinski definition) is 1. The van der Waals surface area contributed by atoms with Crippen molar-refractivity contribution < 1.29 is 14.4 Å². The number of nitrogens with one attached hydrogen (secondary N) is 1. The van der Waals surface area contributed by atoms with E-state index in [9.17, 15) is 0 Å². The van der Waals surface area contributed by atoms with Crippen molar-refractivity contribution in [2.75, 3.05) is 13.7 Å². The minimum Gasteiger partial charge on any atom is -0.497 e. The van der Waals surface area contributed by atoms with Crippen LogP contribution in [0.15, 0.2) is 41.8 Å². The van der Waals surface area contributed by atoms with E-state index in [1.165, 1.54) is 22.6 Å². The standard InChI is InChI=1S/C20H24N4O2S2/c1-22-19(13-26-16-9-7-15(25-2)8-10-16)21-24(20(22)27)14-23-11-3-5-17(23)18-6-4-12-28-18/h4,6-10,12,17H,3,5,11,13-14H2,1-2H3/p+1/t17-/m0/s1. The van der Waals surface area contributed by atoms with Crippen molar-refractivity contribution in [1.82, 2.24) is 14.3 Å². The summed E-state index contributed by atoms with van der Waals surface area (Å²) in [5.41, 5.74) is 0. The number of benzene rings is 1. The lowest BCUT2D eigenvalue weighted by molar-refractivity contribution is -0.941. The predicted molar refractivity (Wildman–Crippen MR) is 111 cm³/mol. The molecule has 2 aromatic heterocycles. The van der Waals surface area contributed by atoms with Crippen LogP contribution in [-0.4, -0.2) is 28.0 Å². The first-order chi connectivity index (χ1) is 13.7. The van der Waals surface area contributed by atoms with Crippen molar-refractivity contribution in [2.45, 2.75) is 32.2 Å². The molecule has 0 aliphatic carbocycles. The third-order valence-corrected chi connectivity index (χ3v) is 6.75. The Morgan fingerprint density at radius 1 is 1.25 bits per heavy atom. The summed E-state index contributed by atoms with van der Waals surface area (Å²) in [6, 6.07) is 12.5. The molecule has 0 amide bonds. The number of hydrogen-bond acceptors (Lipinski definition) is 5. The molecule has 0 spiro atoms. The fourth-order valence-electron chi connectivity index (χ4n) is 3.71. The maximum Gasteiger partial charge on any atom is 0.202 e. The molecule has 1 N–H and O–H groups in total. The lowest BCUT2D eigenvalue weighted by Gasteiger charge is -2.20. The van der Waals surface area contributed by atoms with Gasteiger partial charge in [-0.15, -0.1) is 16.4 Å². The van der Waals surface area contributed by atoms with Crippen molar-refractivity contribution in [3.63, 3.8) is 0 Å². The Morgan fingerprint density at radius 2 is 2.04 bits per heavy atom. The molecule has 1 aliphatic rings. The summed E-state index contributed by atoms with van der Waals surface area (Å²) in [6.07, 6.45) is 2.47. The number of ether oxygens (including phenoxy) is 2. The Labute approximate surface area is 173 Å². The Hall–Kier alpha value is -2.16. The molecule has 0 radical (unpaired) electrons. The van der Waals surface area contributed by atoms with Crippen molar-refractivity contribution >= 4 is 23.6 Å². The maximum atomic E-state index is 5.89. The van der Waals surface area contributed by atoms with Crippen molar-refractivity contribution in [2.24, 2.45) is 7.05 Å². The van der Waals surface area contributed by atoms with Gasteiger partial charge in [0, 0.05) is 19.9 Å². The van der Waals surface area contributed by atoms with Crippen LogP contribution in [0.25, 0.3) is 0 Å². The van der Waals surface area contributed by atoms with E-state index in [0.29, 0.717) is 12.6 Å². The average Bonchev–Trinajstić information content (AvgIpc) is 3.45. The molecule has 2 atom stereocenters. The summed E-state index contributed by atoms with van der Waals surface area (Å²) in [4.78, 5) is 2.98. The van der Waals surface area contributed by atoms with Crippen LogP contribution in [0, 0.1) is 4.77 Å². The number of rotatable bonds is 7. The van der Waals surface area contributed by atoms with Gasteiger partial charge in [-0.3, -0.25) is 0 Å². The smallest absolute Gasteiger partial charge is 0.202 e. The molecule has 1 aromatic carbocycles. The van der Waals surface area contributed by atoms with Crippen LogP contribution in [-0.2, 0) is 20.3 Å². The third kappa shape index (κ3) is 3.99. The summed E-state index contributed by atoms with van der Waals surface area (Å²) in [7, 11) is 3.60. The van der Waals surface area contributed by atoms with Gasteiger partial charge in [-0.2, -0.15) is 4.68 Å². The van der Waals surface area contributed by atoms with Gasteiger partial charge in [-0.1, -0.05) is 6.07 Å². The fourth-order valence-corrected chi connectivity index (χ4v) is 4.84. The Kier molecular flexibility index (Phi) is 5.79. The zero-order chi connectivity index (χ0) is 19.5. The van der Waals surface area contributed by atoms with Gasteiger partial charge in [0.25, 0.3) is 0 Å². The number of nitrogens with zero attached hydrogens (tertiary/aromatic N) is 3. The quantitative estimate of drug-likeness (QED) is 0.601. The topological polar surface area (TPSA) is 45.6 Å². The van der Waals surface area contributed by atoms with Gasteiger partial charge in [0.2, 0.25) is 4.77 Å².